The molecule has 0 aromatic heterocycles. The molecule has 7 heteroatoms. The minimum atomic E-state index is -3.47. The highest BCUT2D eigenvalue weighted by molar-refractivity contribution is 14.1. The van der Waals surface area contributed by atoms with Crippen LogP contribution in [0.15, 0.2) is 24.3 Å². The first kappa shape index (κ1) is 14.7. The van der Waals surface area contributed by atoms with Crippen molar-refractivity contribution in [2.45, 2.75) is 12.5 Å². The van der Waals surface area contributed by atoms with E-state index in [0.29, 0.717) is 25.1 Å². The standard InChI is InChI=1S/C12H14INO4S/c1-19(16,17)18-11-6-7-14(8-11)12(15)9-2-4-10(13)5-3-9/h2-5,11H,6-8H2,1H3/t11-/m0/s1. The molecule has 0 N–H and O–H groups in total. The first-order chi connectivity index (χ1) is 8.85. The van der Waals surface area contributed by atoms with Gasteiger partial charge in [-0.25, -0.2) is 0 Å². The molecule has 1 aliphatic heterocycles. The molecule has 0 aliphatic carbocycles. The molecule has 1 amide bonds. The third-order valence-corrected chi connectivity index (χ3v) is 4.18. The average molecular weight is 395 g/mol. The van der Waals surface area contributed by atoms with Crippen LogP contribution in [0, 0.1) is 3.57 Å². The maximum Gasteiger partial charge on any atom is 0.264 e. The Kier molecular flexibility index (Phi) is 4.46. The van der Waals surface area contributed by atoms with Gasteiger partial charge in [0.05, 0.1) is 12.4 Å². The van der Waals surface area contributed by atoms with Gasteiger partial charge in [-0.15, -0.1) is 0 Å². The van der Waals surface area contributed by atoms with Gasteiger partial charge in [0.2, 0.25) is 0 Å². The lowest BCUT2D eigenvalue weighted by Gasteiger charge is -2.16. The molecule has 104 valence electrons. The summed E-state index contributed by atoms with van der Waals surface area (Å²) in [6.45, 7) is 0.836. The highest BCUT2D eigenvalue weighted by atomic mass is 127. The lowest BCUT2D eigenvalue weighted by atomic mass is 10.2. The molecule has 0 unspecified atom stereocenters. The molecule has 1 aliphatic rings. The zero-order valence-electron chi connectivity index (χ0n) is 10.4. The number of likely N-dealkylation sites (tertiary alicyclic amines) is 1. The highest BCUT2D eigenvalue weighted by Gasteiger charge is 2.29. The molecule has 1 aromatic carbocycles. The predicted octanol–water partition coefficient (Wildman–Crippen LogP) is 1.48. The number of rotatable bonds is 3. The fraction of sp³-hybridized carbons (Fsp3) is 0.417. The van der Waals surface area contributed by atoms with Crippen molar-refractivity contribution in [3.63, 3.8) is 0 Å². The van der Waals surface area contributed by atoms with Crippen LogP contribution in [-0.4, -0.2) is 44.7 Å². The average Bonchev–Trinajstić information content (AvgIpc) is 2.75. The Morgan fingerprint density at radius 1 is 1.37 bits per heavy atom. The van der Waals surface area contributed by atoms with Crippen LogP contribution >= 0.6 is 22.6 Å². The van der Waals surface area contributed by atoms with E-state index in [0.717, 1.165) is 9.83 Å². The maximum absolute atomic E-state index is 12.2. The molecule has 19 heavy (non-hydrogen) atoms. The fourth-order valence-corrected chi connectivity index (χ4v) is 3.02. The highest BCUT2D eigenvalue weighted by Crippen LogP contribution is 2.18. The number of carbonyl (C=O) groups excluding carboxylic acids is 1. The Morgan fingerprint density at radius 3 is 2.58 bits per heavy atom. The molecule has 0 saturated carbocycles. The van der Waals surface area contributed by atoms with E-state index < -0.39 is 16.2 Å². The minimum absolute atomic E-state index is 0.0870. The van der Waals surface area contributed by atoms with Gasteiger partial charge in [0, 0.05) is 22.2 Å². The van der Waals surface area contributed by atoms with E-state index in [-0.39, 0.29) is 5.91 Å². The van der Waals surface area contributed by atoms with Gasteiger partial charge in [-0.1, -0.05) is 0 Å². The Hall–Kier alpha value is -0.670. The summed E-state index contributed by atoms with van der Waals surface area (Å²) in [4.78, 5) is 13.8. The van der Waals surface area contributed by atoms with Crippen molar-refractivity contribution in [1.29, 1.82) is 0 Å². The third-order valence-electron chi connectivity index (χ3n) is 2.83. The van der Waals surface area contributed by atoms with Crippen LogP contribution in [-0.2, 0) is 14.3 Å². The first-order valence-electron chi connectivity index (χ1n) is 5.78. The molecule has 0 radical (unpaired) electrons. The predicted molar refractivity (Wildman–Crippen MR) is 79.4 cm³/mol. The van der Waals surface area contributed by atoms with Gasteiger partial charge >= 0.3 is 0 Å². The molecule has 0 bridgehead atoms. The largest absolute Gasteiger partial charge is 0.336 e. The van der Waals surface area contributed by atoms with E-state index in [9.17, 15) is 13.2 Å². The summed E-state index contributed by atoms with van der Waals surface area (Å²) in [6.07, 6.45) is 1.14. The van der Waals surface area contributed by atoms with Crippen molar-refractivity contribution < 1.29 is 17.4 Å². The van der Waals surface area contributed by atoms with Crippen LogP contribution in [0.3, 0.4) is 0 Å². The van der Waals surface area contributed by atoms with E-state index in [1.54, 1.807) is 17.0 Å². The number of benzene rings is 1. The summed E-state index contributed by atoms with van der Waals surface area (Å²) in [5.74, 6) is -0.0870. The molecule has 5 nitrogen and oxygen atoms in total. The van der Waals surface area contributed by atoms with Crippen molar-refractivity contribution in [3.05, 3.63) is 33.4 Å². The molecule has 1 saturated heterocycles. The van der Waals surface area contributed by atoms with E-state index in [1.807, 2.05) is 12.1 Å². The zero-order chi connectivity index (χ0) is 14.0. The summed E-state index contributed by atoms with van der Waals surface area (Å²) >= 11 is 2.17. The normalized spacial score (nSPS) is 19.7. The lowest BCUT2D eigenvalue weighted by Crippen LogP contribution is -2.30. The number of carbonyl (C=O) groups is 1. The second-order valence-electron chi connectivity index (χ2n) is 4.47. The summed E-state index contributed by atoms with van der Waals surface area (Å²) in [7, 11) is -3.47. The van der Waals surface area contributed by atoms with Gasteiger partial charge < -0.3 is 4.90 Å². The zero-order valence-corrected chi connectivity index (χ0v) is 13.3. The van der Waals surface area contributed by atoms with Crippen molar-refractivity contribution in [1.82, 2.24) is 4.90 Å². The van der Waals surface area contributed by atoms with Gasteiger partial charge in [-0.05, 0) is 53.3 Å². The van der Waals surface area contributed by atoms with Crippen LogP contribution in [0.4, 0.5) is 0 Å². The van der Waals surface area contributed by atoms with Gasteiger partial charge in [-0.3, -0.25) is 8.98 Å². The molecule has 2 rings (SSSR count). The van der Waals surface area contributed by atoms with Gasteiger partial charge in [0.25, 0.3) is 16.0 Å². The number of hydrogen-bond donors (Lipinski definition) is 0. The first-order valence-corrected chi connectivity index (χ1v) is 8.68. The van der Waals surface area contributed by atoms with Crippen LogP contribution < -0.4 is 0 Å². The van der Waals surface area contributed by atoms with Crippen molar-refractivity contribution >= 4 is 38.6 Å². The second kappa shape index (κ2) is 5.76. The third kappa shape index (κ3) is 4.15. The summed E-state index contributed by atoms with van der Waals surface area (Å²) in [5, 5.41) is 0. The molecule has 0 spiro atoms. The van der Waals surface area contributed by atoms with Crippen LogP contribution in [0.1, 0.15) is 16.8 Å². The van der Waals surface area contributed by atoms with Crippen LogP contribution in [0.2, 0.25) is 0 Å². The van der Waals surface area contributed by atoms with Crippen molar-refractivity contribution in [2.24, 2.45) is 0 Å². The topological polar surface area (TPSA) is 63.7 Å². The van der Waals surface area contributed by atoms with Crippen LogP contribution in [0.5, 0.6) is 0 Å². The van der Waals surface area contributed by atoms with Crippen molar-refractivity contribution in [2.75, 3.05) is 19.3 Å². The fourth-order valence-electron chi connectivity index (χ4n) is 2.01. The molecule has 1 aromatic rings. The van der Waals surface area contributed by atoms with Gasteiger partial charge in [0.15, 0.2) is 0 Å². The Bertz CT molecular complexity index is 570. The monoisotopic (exact) mass is 395 g/mol. The number of nitrogens with zero attached hydrogens (tertiary/aromatic N) is 1. The SMILES string of the molecule is CS(=O)(=O)O[C@H]1CCN(C(=O)c2ccc(I)cc2)C1. The lowest BCUT2D eigenvalue weighted by molar-refractivity contribution is 0.0773. The quantitative estimate of drug-likeness (QED) is 0.575. The molecule has 1 fully saturated rings. The summed E-state index contributed by atoms with van der Waals surface area (Å²) in [5.41, 5.74) is 0.612. The number of hydrogen-bond acceptors (Lipinski definition) is 4. The van der Waals surface area contributed by atoms with Gasteiger partial charge in [0.1, 0.15) is 0 Å². The Balaban J connectivity index is 2.01. The number of amides is 1. The van der Waals surface area contributed by atoms with Gasteiger partial charge in [-0.2, -0.15) is 8.42 Å². The second-order valence-corrected chi connectivity index (χ2v) is 7.32. The molecular weight excluding hydrogens is 381 g/mol. The van der Waals surface area contributed by atoms with Crippen molar-refractivity contribution in [3.8, 4) is 0 Å². The minimum Gasteiger partial charge on any atom is -0.336 e. The molecule has 1 heterocycles. The summed E-state index contributed by atoms with van der Waals surface area (Å²) < 4.78 is 28.1. The number of halogens is 1. The molecule has 1 atom stereocenters. The Morgan fingerprint density at radius 2 is 2.00 bits per heavy atom. The van der Waals surface area contributed by atoms with E-state index in [1.165, 1.54) is 0 Å². The van der Waals surface area contributed by atoms with E-state index >= 15 is 0 Å². The van der Waals surface area contributed by atoms with Crippen LogP contribution in [0.25, 0.3) is 0 Å². The summed E-state index contributed by atoms with van der Waals surface area (Å²) in [6, 6.07) is 7.28. The van der Waals surface area contributed by atoms with E-state index in [2.05, 4.69) is 22.6 Å². The smallest absolute Gasteiger partial charge is 0.264 e. The van der Waals surface area contributed by atoms with E-state index in [4.69, 9.17) is 4.18 Å². The maximum atomic E-state index is 12.2. The Labute approximate surface area is 126 Å². The molecular formula is C12H14INO4S.